The fourth-order valence-corrected chi connectivity index (χ4v) is 1.58. The van der Waals surface area contributed by atoms with Gasteiger partial charge in [-0.2, -0.15) is 0 Å². The Morgan fingerprint density at radius 3 is 2.71 bits per heavy atom. The third-order valence-corrected chi connectivity index (χ3v) is 2.30. The second-order valence-electron chi connectivity index (χ2n) is 3.53. The van der Waals surface area contributed by atoms with Gasteiger partial charge in [-0.05, 0) is 26.8 Å². The zero-order valence-corrected chi connectivity index (χ0v) is 9.41. The Hall–Kier alpha value is -1.25. The molecule has 1 N–H and O–H groups in total. The minimum absolute atomic E-state index is 0.520. The van der Waals surface area contributed by atoms with Crippen molar-refractivity contribution >= 4 is 11.5 Å². The minimum Gasteiger partial charge on any atom is -0.373 e. The quantitative estimate of drug-likeness (QED) is 0.795. The van der Waals surface area contributed by atoms with E-state index in [2.05, 4.69) is 42.0 Å². The van der Waals surface area contributed by atoms with Crippen molar-refractivity contribution in [3.63, 3.8) is 0 Å². The normalized spacial score (nSPS) is 10.4. The minimum atomic E-state index is 0.520. The van der Waals surface area contributed by atoms with E-state index in [1.54, 1.807) is 0 Å². The summed E-state index contributed by atoms with van der Waals surface area (Å²) in [7, 11) is 1.89. The lowest BCUT2D eigenvalue weighted by Crippen LogP contribution is -2.30. The van der Waals surface area contributed by atoms with Crippen LogP contribution >= 0.6 is 0 Å². The van der Waals surface area contributed by atoms with Gasteiger partial charge in [0.15, 0.2) is 0 Å². The van der Waals surface area contributed by atoms with Crippen LogP contribution in [0.1, 0.15) is 20.8 Å². The van der Waals surface area contributed by atoms with Crippen LogP contribution in [0.4, 0.5) is 11.5 Å². The van der Waals surface area contributed by atoms with Crippen LogP contribution in [0.25, 0.3) is 0 Å². The lowest BCUT2D eigenvalue weighted by atomic mass is 10.2. The van der Waals surface area contributed by atoms with E-state index in [0.29, 0.717) is 6.04 Å². The van der Waals surface area contributed by atoms with Gasteiger partial charge >= 0.3 is 0 Å². The van der Waals surface area contributed by atoms with Gasteiger partial charge in [-0.1, -0.05) is 0 Å². The SMILES string of the molecule is CCN(c1ccnc(NC)c1)C(C)C. The summed E-state index contributed by atoms with van der Waals surface area (Å²) >= 11 is 0. The van der Waals surface area contributed by atoms with Gasteiger partial charge in [-0.25, -0.2) is 4.98 Å². The monoisotopic (exact) mass is 193 g/mol. The van der Waals surface area contributed by atoms with Gasteiger partial charge in [0.2, 0.25) is 0 Å². The van der Waals surface area contributed by atoms with Crippen molar-refractivity contribution < 1.29 is 0 Å². The van der Waals surface area contributed by atoms with E-state index in [4.69, 9.17) is 0 Å². The molecule has 0 aliphatic heterocycles. The zero-order valence-electron chi connectivity index (χ0n) is 9.41. The third kappa shape index (κ3) is 2.37. The predicted octanol–water partition coefficient (Wildman–Crippen LogP) is 2.36. The predicted molar refractivity (Wildman–Crippen MR) is 61.9 cm³/mol. The molecule has 0 unspecified atom stereocenters. The first-order chi connectivity index (χ1) is 6.69. The van der Waals surface area contributed by atoms with E-state index >= 15 is 0 Å². The van der Waals surface area contributed by atoms with Gasteiger partial charge in [-0.3, -0.25) is 0 Å². The summed E-state index contributed by atoms with van der Waals surface area (Å²) < 4.78 is 0. The summed E-state index contributed by atoms with van der Waals surface area (Å²) in [6, 6.07) is 4.64. The number of nitrogens with zero attached hydrogens (tertiary/aromatic N) is 2. The van der Waals surface area contributed by atoms with E-state index in [0.717, 1.165) is 12.4 Å². The van der Waals surface area contributed by atoms with Crippen LogP contribution in [-0.4, -0.2) is 24.6 Å². The Morgan fingerprint density at radius 2 is 2.21 bits per heavy atom. The highest BCUT2D eigenvalue weighted by Crippen LogP contribution is 2.18. The number of hydrogen-bond donors (Lipinski definition) is 1. The van der Waals surface area contributed by atoms with Crippen molar-refractivity contribution in [3.8, 4) is 0 Å². The first-order valence-corrected chi connectivity index (χ1v) is 5.09. The molecule has 0 bridgehead atoms. The highest BCUT2D eigenvalue weighted by atomic mass is 15.1. The molecule has 0 atom stereocenters. The molecule has 0 amide bonds. The highest BCUT2D eigenvalue weighted by molar-refractivity contribution is 5.54. The average molecular weight is 193 g/mol. The molecule has 0 aliphatic rings. The smallest absolute Gasteiger partial charge is 0.127 e. The van der Waals surface area contributed by atoms with Gasteiger partial charge < -0.3 is 10.2 Å². The molecule has 0 spiro atoms. The third-order valence-electron chi connectivity index (χ3n) is 2.30. The zero-order chi connectivity index (χ0) is 10.6. The summed E-state index contributed by atoms with van der Waals surface area (Å²) in [5.41, 5.74) is 1.22. The second-order valence-corrected chi connectivity index (χ2v) is 3.53. The molecule has 1 aromatic heterocycles. The number of aromatic nitrogens is 1. The van der Waals surface area contributed by atoms with Crippen LogP contribution in [0.3, 0.4) is 0 Å². The van der Waals surface area contributed by atoms with Gasteiger partial charge in [0, 0.05) is 37.6 Å². The molecule has 1 rings (SSSR count). The standard InChI is InChI=1S/C11H19N3/c1-5-14(9(2)3)10-6-7-13-11(8-10)12-4/h6-9H,5H2,1-4H3,(H,12,13). The molecule has 14 heavy (non-hydrogen) atoms. The van der Waals surface area contributed by atoms with E-state index in [1.165, 1.54) is 5.69 Å². The Bertz CT molecular complexity index is 284. The summed E-state index contributed by atoms with van der Waals surface area (Å²) in [4.78, 5) is 6.53. The number of pyridine rings is 1. The number of rotatable bonds is 4. The maximum atomic E-state index is 4.20. The molecule has 3 nitrogen and oxygen atoms in total. The maximum Gasteiger partial charge on any atom is 0.127 e. The fraction of sp³-hybridized carbons (Fsp3) is 0.545. The van der Waals surface area contributed by atoms with Gasteiger partial charge in [0.25, 0.3) is 0 Å². The number of nitrogens with one attached hydrogen (secondary N) is 1. The molecular formula is C11H19N3. The molecule has 0 saturated heterocycles. The molecular weight excluding hydrogens is 174 g/mol. The van der Waals surface area contributed by atoms with Crippen molar-refractivity contribution in [2.45, 2.75) is 26.8 Å². The van der Waals surface area contributed by atoms with E-state index in [1.807, 2.05) is 19.3 Å². The second kappa shape index (κ2) is 4.84. The summed E-state index contributed by atoms with van der Waals surface area (Å²) in [5, 5.41) is 3.05. The van der Waals surface area contributed by atoms with Crippen LogP contribution in [0.5, 0.6) is 0 Å². The largest absolute Gasteiger partial charge is 0.373 e. The summed E-state index contributed by atoms with van der Waals surface area (Å²) in [6.07, 6.45) is 1.84. The average Bonchev–Trinajstić information content (AvgIpc) is 2.19. The Balaban J connectivity index is 2.92. The molecule has 0 aliphatic carbocycles. The molecule has 3 heteroatoms. The highest BCUT2D eigenvalue weighted by Gasteiger charge is 2.08. The van der Waals surface area contributed by atoms with Crippen LogP contribution in [0.2, 0.25) is 0 Å². The molecule has 1 aromatic rings. The van der Waals surface area contributed by atoms with Crippen molar-refractivity contribution in [3.05, 3.63) is 18.3 Å². The van der Waals surface area contributed by atoms with Crippen LogP contribution in [0, 0.1) is 0 Å². The molecule has 0 fully saturated rings. The Morgan fingerprint density at radius 1 is 1.50 bits per heavy atom. The first kappa shape index (κ1) is 10.8. The molecule has 0 radical (unpaired) electrons. The van der Waals surface area contributed by atoms with E-state index in [9.17, 15) is 0 Å². The molecule has 0 saturated carbocycles. The molecule has 0 aromatic carbocycles. The molecule has 78 valence electrons. The number of anilines is 2. The first-order valence-electron chi connectivity index (χ1n) is 5.09. The van der Waals surface area contributed by atoms with E-state index in [-0.39, 0.29) is 0 Å². The van der Waals surface area contributed by atoms with Crippen LogP contribution < -0.4 is 10.2 Å². The maximum absolute atomic E-state index is 4.20. The molecule has 1 heterocycles. The van der Waals surface area contributed by atoms with Gasteiger partial charge in [0.05, 0.1) is 0 Å². The van der Waals surface area contributed by atoms with Crippen LogP contribution in [-0.2, 0) is 0 Å². The lowest BCUT2D eigenvalue weighted by molar-refractivity contribution is 0.703. The summed E-state index contributed by atoms with van der Waals surface area (Å²) in [5.74, 6) is 0.918. The number of hydrogen-bond acceptors (Lipinski definition) is 3. The Kier molecular flexibility index (Phi) is 3.74. The van der Waals surface area contributed by atoms with E-state index < -0.39 is 0 Å². The summed E-state index contributed by atoms with van der Waals surface area (Å²) in [6.45, 7) is 7.58. The topological polar surface area (TPSA) is 28.2 Å². The van der Waals surface area contributed by atoms with Crippen molar-refractivity contribution in [2.24, 2.45) is 0 Å². The fourth-order valence-electron chi connectivity index (χ4n) is 1.58. The van der Waals surface area contributed by atoms with Gasteiger partial charge in [0.1, 0.15) is 5.82 Å². The van der Waals surface area contributed by atoms with Crippen molar-refractivity contribution in [1.82, 2.24) is 4.98 Å². The van der Waals surface area contributed by atoms with Crippen LogP contribution in [0.15, 0.2) is 18.3 Å². The lowest BCUT2D eigenvalue weighted by Gasteiger charge is -2.27. The Labute approximate surface area is 86.2 Å². The van der Waals surface area contributed by atoms with Crippen molar-refractivity contribution in [2.75, 3.05) is 23.8 Å². The van der Waals surface area contributed by atoms with Crippen molar-refractivity contribution in [1.29, 1.82) is 0 Å². The van der Waals surface area contributed by atoms with Gasteiger partial charge in [-0.15, -0.1) is 0 Å².